The number of hydrogen-bond donors (Lipinski definition) is 1. The molecule has 0 amide bonds. The van der Waals surface area contributed by atoms with Crippen LogP contribution in [0.1, 0.15) is 110 Å². The molecular formula is C39H58IrNO2Si-. The number of ketones is 1. The molecule has 5 heteroatoms. The summed E-state index contributed by atoms with van der Waals surface area (Å²) >= 11 is 0. The van der Waals surface area contributed by atoms with Crippen LogP contribution in [0.2, 0.25) is 19.6 Å². The van der Waals surface area contributed by atoms with Gasteiger partial charge in [0.15, 0.2) is 5.78 Å². The zero-order valence-corrected chi connectivity index (χ0v) is 33.2. The molecule has 1 aromatic heterocycles. The van der Waals surface area contributed by atoms with E-state index < -0.39 is 8.07 Å². The quantitative estimate of drug-likeness (QED) is 0.0911. The molecule has 1 N–H and O–H groups in total. The Morgan fingerprint density at radius 1 is 0.932 bits per heavy atom. The Balaban J connectivity index is 0.000000473. The summed E-state index contributed by atoms with van der Waals surface area (Å²) in [4.78, 5) is 17.1. The standard InChI is InChI=1S/C24H30NSi.C15H28O2.Ir/c1-8-18(4)19-9-10-21-22(14-19)23(26(5,6)7)15-25-24(21)20-12-16(2)11-17(3)13-20;1-7-14(5,8-2)12(16)11-13(17)15(6,9-3)10-4;/h9-12,14-15,18H,8H2,1-7H3;11,16H,7-10H2,1-6H3;/q-1;;/b;12-11-;. The fraction of sp³-hybridized carbons (Fsp3) is 0.538. The van der Waals surface area contributed by atoms with Crippen LogP contribution in [0.15, 0.2) is 48.4 Å². The van der Waals surface area contributed by atoms with Gasteiger partial charge in [-0.2, -0.15) is 0 Å². The minimum absolute atomic E-state index is 0. The largest absolute Gasteiger partial charge is 0.512 e. The SMILES string of the molecule is CCC(C)(CC)C(=O)/C=C(\O)C(C)(CC)CC.CCC(C)c1ccc2c(-c3[c-]c(C)cc(C)c3)ncc([Si](C)(C)C)c2c1.[Ir]. The van der Waals surface area contributed by atoms with Crippen molar-refractivity contribution in [2.75, 3.05) is 0 Å². The maximum absolute atomic E-state index is 12.2. The summed E-state index contributed by atoms with van der Waals surface area (Å²) in [6.45, 7) is 28.1. The topological polar surface area (TPSA) is 50.2 Å². The molecule has 3 aromatic rings. The summed E-state index contributed by atoms with van der Waals surface area (Å²) in [5.41, 5.74) is 5.42. The molecule has 0 fully saturated rings. The van der Waals surface area contributed by atoms with Crippen LogP contribution in [0, 0.1) is 30.7 Å². The maximum atomic E-state index is 12.2. The number of aliphatic hydroxyl groups is 1. The van der Waals surface area contributed by atoms with Gasteiger partial charge in [0.05, 0.1) is 8.07 Å². The van der Waals surface area contributed by atoms with Gasteiger partial charge >= 0.3 is 0 Å². The predicted octanol–water partition coefficient (Wildman–Crippen LogP) is 11.0. The monoisotopic (exact) mass is 793 g/mol. The fourth-order valence-corrected chi connectivity index (χ4v) is 6.79. The Morgan fingerprint density at radius 3 is 1.98 bits per heavy atom. The minimum Gasteiger partial charge on any atom is -0.512 e. The van der Waals surface area contributed by atoms with Crippen molar-refractivity contribution in [1.29, 1.82) is 0 Å². The van der Waals surface area contributed by atoms with E-state index in [4.69, 9.17) is 4.98 Å². The molecule has 1 unspecified atom stereocenters. The normalized spacial score (nSPS) is 13.2. The minimum atomic E-state index is -1.48. The summed E-state index contributed by atoms with van der Waals surface area (Å²) in [5, 5.41) is 14.2. The number of fused-ring (bicyclic) bond motifs is 1. The molecule has 0 aliphatic carbocycles. The van der Waals surface area contributed by atoms with Crippen molar-refractivity contribution in [3.8, 4) is 11.3 Å². The van der Waals surface area contributed by atoms with Gasteiger partial charge < -0.3 is 10.1 Å². The van der Waals surface area contributed by atoms with Gasteiger partial charge in [0, 0.05) is 43.2 Å². The molecule has 245 valence electrons. The van der Waals surface area contributed by atoms with E-state index in [1.807, 2.05) is 41.5 Å². The Bertz CT molecular complexity index is 1410. The van der Waals surface area contributed by atoms with Crippen LogP contribution in [0.4, 0.5) is 0 Å². The third-order valence-corrected chi connectivity index (χ3v) is 11.9. The van der Waals surface area contributed by atoms with E-state index in [1.54, 1.807) is 0 Å². The van der Waals surface area contributed by atoms with Crippen molar-refractivity contribution < 1.29 is 30.0 Å². The molecule has 44 heavy (non-hydrogen) atoms. The number of nitrogens with zero attached hydrogens (tertiary/aromatic N) is 1. The van der Waals surface area contributed by atoms with Crippen LogP contribution >= 0.6 is 0 Å². The summed E-state index contributed by atoms with van der Waals surface area (Å²) in [5.74, 6) is 0.868. The Kier molecular flexibility index (Phi) is 15.0. The smallest absolute Gasteiger partial charge is 0.164 e. The summed E-state index contributed by atoms with van der Waals surface area (Å²) in [6.07, 6.45) is 8.05. The second-order valence-corrected chi connectivity index (χ2v) is 19.1. The summed E-state index contributed by atoms with van der Waals surface area (Å²) in [6, 6.07) is 14.9. The van der Waals surface area contributed by atoms with E-state index in [0.717, 1.165) is 43.4 Å². The molecule has 1 radical (unpaired) electrons. The van der Waals surface area contributed by atoms with Crippen molar-refractivity contribution in [3.63, 3.8) is 0 Å². The third kappa shape index (κ3) is 9.47. The van der Waals surface area contributed by atoms with Crippen LogP contribution in [-0.2, 0) is 24.9 Å². The number of allylic oxidation sites excluding steroid dienone is 2. The van der Waals surface area contributed by atoms with Crippen molar-refractivity contribution in [2.24, 2.45) is 10.8 Å². The first-order chi connectivity index (χ1) is 20.0. The van der Waals surface area contributed by atoms with Gasteiger partial charge in [-0.1, -0.05) is 107 Å². The zero-order valence-electron chi connectivity index (χ0n) is 29.8. The van der Waals surface area contributed by atoms with E-state index >= 15 is 0 Å². The second kappa shape index (κ2) is 16.5. The van der Waals surface area contributed by atoms with Crippen LogP contribution in [0.5, 0.6) is 0 Å². The first-order valence-electron chi connectivity index (χ1n) is 16.4. The van der Waals surface area contributed by atoms with E-state index in [0.29, 0.717) is 5.92 Å². The van der Waals surface area contributed by atoms with Crippen LogP contribution in [0.3, 0.4) is 0 Å². The van der Waals surface area contributed by atoms with Crippen molar-refractivity contribution >= 4 is 29.8 Å². The van der Waals surface area contributed by atoms with Gasteiger partial charge in [-0.15, -0.1) is 34.9 Å². The maximum Gasteiger partial charge on any atom is 0.164 e. The van der Waals surface area contributed by atoms with Gasteiger partial charge in [-0.05, 0) is 65.2 Å². The molecule has 1 heterocycles. The molecule has 0 bridgehead atoms. The third-order valence-electron chi connectivity index (χ3n) is 9.91. The Labute approximate surface area is 283 Å². The molecule has 2 aromatic carbocycles. The van der Waals surface area contributed by atoms with Crippen LogP contribution < -0.4 is 5.19 Å². The average Bonchev–Trinajstić information content (AvgIpc) is 2.97. The molecule has 3 rings (SSSR count). The van der Waals surface area contributed by atoms with Crippen LogP contribution in [-0.4, -0.2) is 23.9 Å². The van der Waals surface area contributed by atoms with Gasteiger partial charge in [-0.25, -0.2) is 0 Å². The summed E-state index contributed by atoms with van der Waals surface area (Å²) < 4.78 is 0. The van der Waals surface area contributed by atoms with E-state index in [-0.39, 0.29) is 42.5 Å². The zero-order chi connectivity index (χ0) is 32.8. The predicted molar refractivity (Wildman–Crippen MR) is 190 cm³/mol. The number of pyridine rings is 1. The Hall–Kier alpha value is -2.07. The second-order valence-electron chi connectivity index (χ2n) is 14.1. The molecule has 0 aliphatic heterocycles. The van der Waals surface area contributed by atoms with Gasteiger partial charge in [-0.3, -0.25) is 4.79 Å². The first kappa shape index (κ1) is 40.0. The molecule has 0 spiro atoms. The van der Waals surface area contributed by atoms with Gasteiger partial charge in [0.1, 0.15) is 5.76 Å². The molecule has 1 atom stereocenters. The number of carbonyl (C=O) groups excluding carboxylic acids is 1. The average molecular weight is 793 g/mol. The van der Waals surface area contributed by atoms with E-state index in [1.165, 1.54) is 38.7 Å². The first-order valence-corrected chi connectivity index (χ1v) is 19.9. The molecule has 0 saturated carbocycles. The number of hydrogen-bond acceptors (Lipinski definition) is 3. The number of carbonyl (C=O) groups is 1. The van der Waals surface area contributed by atoms with Crippen molar-refractivity contribution in [2.45, 2.75) is 127 Å². The van der Waals surface area contributed by atoms with Crippen molar-refractivity contribution in [1.82, 2.24) is 4.98 Å². The molecule has 0 saturated heterocycles. The van der Waals surface area contributed by atoms with E-state index in [2.05, 4.69) is 89.9 Å². The molecule has 0 aliphatic rings. The summed E-state index contributed by atoms with van der Waals surface area (Å²) in [7, 11) is -1.48. The van der Waals surface area contributed by atoms with Gasteiger partial charge in [0.2, 0.25) is 0 Å². The number of benzene rings is 2. The number of rotatable bonds is 11. The molecular weight excluding hydrogens is 735 g/mol. The molecule has 3 nitrogen and oxygen atoms in total. The number of aliphatic hydroxyl groups excluding tert-OH is 1. The van der Waals surface area contributed by atoms with Crippen LogP contribution in [0.25, 0.3) is 22.0 Å². The number of aryl methyl sites for hydroxylation is 2. The van der Waals surface area contributed by atoms with Crippen molar-refractivity contribution in [3.05, 3.63) is 71.1 Å². The fourth-order valence-electron chi connectivity index (χ4n) is 5.32. The Morgan fingerprint density at radius 2 is 1.50 bits per heavy atom. The van der Waals surface area contributed by atoms with Gasteiger partial charge in [0.25, 0.3) is 0 Å². The van der Waals surface area contributed by atoms with E-state index in [9.17, 15) is 9.90 Å². The number of aromatic nitrogens is 1.